The van der Waals surface area contributed by atoms with Crippen LogP contribution in [0.15, 0.2) is 64.0 Å². The molecule has 0 bridgehead atoms. The number of rotatable bonds is 4. The van der Waals surface area contributed by atoms with Gasteiger partial charge in [0.15, 0.2) is 0 Å². The number of carbonyl (C=O) groups excluding carboxylic acids is 1. The van der Waals surface area contributed by atoms with Crippen molar-refractivity contribution in [3.8, 4) is 5.69 Å². The van der Waals surface area contributed by atoms with Gasteiger partial charge in [0.05, 0.1) is 11.4 Å². The Morgan fingerprint density at radius 2 is 1.88 bits per heavy atom. The number of hydrogen-bond acceptors (Lipinski definition) is 2. The number of nitrogens with zero attached hydrogens (tertiary/aromatic N) is 2. The van der Waals surface area contributed by atoms with Gasteiger partial charge >= 0.3 is 11.7 Å². The number of halogens is 1. The largest absolute Gasteiger partial charge is 0.330 e. The maximum atomic E-state index is 12.6. The molecule has 0 unspecified atom stereocenters. The molecule has 0 saturated carbocycles. The number of amides is 2. The number of carbonyl (C=O) groups is 1. The van der Waals surface area contributed by atoms with Crippen molar-refractivity contribution in [3.05, 3.63) is 80.9 Å². The summed E-state index contributed by atoms with van der Waals surface area (Å²) in [6, 6.07) is 14.8. The molecular weight excluding hydrogens is 396 g/mol. The minimum Gasteiger partial charge on any atom is -0.323 e. The Morgan fingerprint density at radius 1 is 1.19 bits per heavy atom. The van der Waals surface area contributed by atoms with E-state index < -0.39 is 0 Å². The molecule has 7 heteroatoms. The predicted octanol–water partition coefficient (Wildman–Crippen LogP) is 3.90. The summed E-state index contributed by atoms with van der Waals surface area (Å²) in [5.74, 6) is 0. The number of benzene rings is 2. The van der Waals surface area contributed by atoms with Crippen LogP contribution < -0.4 is 11.0 Å². The van der Waals surface area contributed by atoms with Crippen molar-refractivity contribution in [1.29, 1.82) is 0 Å². The second-order valence-electron chi connectivity index (χ2n) is 6.00. The maximum absolute atomic E-state index is 12.6. The Hall–Kier alpha value is -2.80. The summed E-state index contributed by atoms with van der Waals surface area (Å²) in [5.41, 5.74) is 2.75. The first kappa shape index (κ1) is 18.0. The lowest BCUT2D eigenvalue weighted by Crippen LogP contribution is -2.31. The first-order valence-electron chi connectivity index (χ1n) is 8.08. The smallest absolute Gasteiger partial charge is 0.323 e. The first-order valence-corrected chi connectivity index (χ1v) is 8.88. The summed E-state index contributed by atoms with van der Waals surface area (Å²) in [5, 5.41) is 2.89. The minimum atomic E-state index is -0.249. The summed E-state index contributed by atoms with van der Waals surface area (Å²) < 4.78 is 2.53. The van der Waals surface area contributed by atoms with Gasteiger partial charge in [-0.2, -0.15) is 0 Å². The quantitative estimate of drug-likeness (QED) is 0.679. The van der Waals surface area contributed by atoms with Crippen molar-refractivity contribution < 1.29 is 4.79 Å². The van der Waals surface area contributed by atoms with Gasteiger partial charge in [0.25, 0.3) is 0 Å². The van der Waals surface area contributed by atoms with Crippen LogP contribution in [0.25, 0.3) is 5.69 Å². The molecule has 6 nitrogen and oxygen atoms in total. The number of aryl methyl sites for hydroxylation is 1. The summed E-state index contributed by atoms with van der Waals surface area (Å²) in [6.45, 7) is 2.31. The van der Waals surface area contributed by atoms with Gasteiger partial charge in [0.1, 0.15) is 0 Å². The van der Waals surface area contributed by atoms with E-state index >= 15 is 0 Å². The number of anilines is 1. The lowest BCUT2D eigenvalue weighted by Gasteiger charge is -2.20. The van der Waals surface area contributed by atoms with Gasteiger partial charge < -0.3 is 15.2 Å². The lowest BCUT2D eigenvalue weighted by molar-refractivity contribution is 0.220. The highest BCUT2D eigenvalue weighted by Crippen LogP contribution is 2.20. The van der Waals surface area contributed by atoms with Crippen molar-refractivity contribution in [2.24, 2.45) is 0 Å². The zero-order valence-corrected chi connectivity index (χ0v) is 16.1. The predicted molar refractivity (Wildman–Crippen MR) is 106 cm³/mol. The molecule has 0 aliphatic carbocycles. The average Bonchev–Trinajstić information content (AvgIpc) is 2.96. The van der Waals surface area contributed by atoms with Crippen LogP contribution in [-0.4, -0.2) is 27.5 Å². The van der Waals surface area contributed by atoms with E-state index in [1.165, 1.54) is 4.57 Å². The van der Waals surface area contributed by atoms with Gasteiger partial charge in [-0.15, -0.1) is 0 Å². The molecule has 0 atom stereocenters. The minimum absolute atomic E-state index is 0.243. The number of H-pyrrole nitrogens is 1. The molecule has 2 N–H and O–H groups in total. The highest BCUT2D eigenvalue weighted by atomic mass is 79.9. The molecule has 3 rings (SSSR count). The molecule has 134 valence electrons. The zero-order chi connectivity index (χ0) is 18.7. The number of para-hydroxylation sites is 2. The summed E-state index contributed by atoms with van der Waals surface area (Å²) in [6.07, 6.45) is 1.64. The number of nitrogens with one attached hydrogen (secondary N) is 2. The van der Waals surface area contributed by atoms with Crippen LogP contribution in [0.5, 0.6) is 0 Å². The normalized spacial score (nSPS) is 10.6. The highest BCUT2D eigenvalue weighted by molar-refractivity contribution is 9.10. The maximum Gasteiger partial charge on any atom is 0.330 e. The SMILES string of the molecule is Cc1c[nH]c(=O)n1-c1ccccc1NC(=O)N(C)Cc1ccc(Br)cc1. The Kier molecular flexibility index (Phi) is 5.27. The number of urea groups is 1. The third-order valence-electron chi connectivity index (χ3n) is 4.03. The van der Waals surface area contributed by atoms with Gasteiger partial charge in [0, 0.05) is 30.0 Å². The van der Waals surface area contributed by atoms with E-state index in [1.807, 2.05) is 43.3 Å². The Morgan fingerprint density at radius 3 is 2.54 bits per heavy atom. The molecule has 0 fully saturated rings. The Bertz CT molecular complexity index is 976. The van der Waals surface area contributed by atoms with Crippen LogP contribution >= 0.6 is 15.9 Å². The molecule has 2 aromatic carbocycles. The van der Waals surface area contributed by atoms with E-state index in [2.05, 4.69) is 26.2 Å². The van der Waals surface area contributed by atoms with Crippen LogP contribution in [0, 0.1) is 6.92 Å². The van der Waals surface area contributed by atoms with Crippen LogP contribution in [0.3, 0.4) is 0 Å². The first-order chi connectivity index (χ1) is 12.5. The highest BCUT2D eigenvalue weighted by Gasteiger charge is 2.14. The monoisotopic (exact) mass is 414 g/mol. The molecule has 3 aromatic rings. The molecule has 2 amide bonds. The van der Waals surface area contributed by atoms with Crippen molar-refractivity contribution in [1.82, 2.24) is 14.5 Å². The van der Waals surface area contributed by atoms with Gasteiger partial charge in [-0.05, 0) is 36.8 Å². The van der Waals surface area contributed by atoms with Crippen LogP contribution in [0.4, 0.5) is 10.5 Å². The summed E-state index contributed by atoms with van der Waals surface area (Å²) in [4.78, 5) is 28.9. The molecule has 0 radical (unpaired) electrons. The molecule has 0 aliphatic heterocycles. The van der Waals surface area contributed by atoms with Crippen LogP contribution in [-0.2, 0) is 6.54 Å². The second kappa shape index (κ2) is 7.61. The Labute approximate surface area is 159 Å². The van der Waals surface area contributed by atoms with E-state index in [0.717, 1.165) is 15.7 Å². The fourth-order valence-corrected chi connectivity index (χ4v) is 2.94. The van der Waals surface area contributed by atoms with E-state index in [4.69, 9.17) is 0 Å². The summed E-state index contributed by atoms with van der Waals surface area (Å²) in [7, 11) is 1.73. The fourth-order valence-electron chi connectivity index (χ4n) is 2.68. The third-order valence-corrected chi connectivity index (χ3v) is 4.56. The van der Waals surface area contributed by atoms with E-state index in [1.54, 1.807) is 30.3 Å². The van der Waals surface area contributed by atoms with Gasteiger partial charge in [0.2, 0.25) is 0 Å². The van der Waals surface area contributed by atoms with Crippen molar-refractivity contribution in [2.75, 3.05) is 12.4 Å². The number of aromatic amines is 1. The topological polar surface area (TPSA) is 70.1 Å². The molecule has 1 aromatic heterocycles. The summed E-state index contributed by atoms with van der Waals surface area (Å²) >= 11 is 3.40. The number of imidazole rings is 1. The molecule has 0 aliphatic rings. The van der Waals surface area contributed by atoms with E-state index in [0.29, 0.717) is 17.9 Å². The van der Waals surface area contributed by atoms with E-state index in [9.17, 15) is 9.59 Å². The average molecular weight is 415 g/mol. The molecule has 26 heavy (non-hydrogen) atoms. The third kappa shape index (κ3) is 3.88. The van der Waals surface area contributed by atoms with Crippen molar-refractivity contribution in [2.45, 2.75) is 13.5 Å². The standard InChI is InChI=1S/C19H19BrN4O2/c1-13-11-21-18(25)24(13)17-6-4-3-5-16(17)22-19(26)23(2)12-14-7-9-15(20)10-8-14/h3-11H,12H2,1-2H3,(H,21,25)(H,22,26). The fraction of sp³-hybridized carbons (Fsp3) is 0.158. The van der Waals surface area contributed by atoms with Gasteiger partial charge in [-0.1, -0.05) is 40.2 Å². The Balaban J connectivity index is 1.79. The lowest BCUT2D eigenvalue weighted by atomic mass is 10.2. The zero-order valence-electron chi connectivity index (χ0n) is 14.5. The second-order valence-corrected chi connectivity index (χ2v) is 6.92. The molecule has 0 spiro atoms. The van der Waals surface area contributed by atoms with Crippen LogP contribution in [0.2, 0.25) is 0 Å². The van der Waals surface area contributed by atoms with Crippen molar-refractivity contribution in [3.63, 3.8) is 0 Å². The van der Waals surface area contributed by atoms with E-state index in [-0.39, 0.29) is 11.7 Å². The number of aromatic nitrogens is 2. The van der Waals surface area contributed by atoms with Gasteiger partial charge in [-0.3, -0.25) is 4.57 Å². The van der Waals surface area contributed by atoms with Gasteiger partial charge in [-0.25, -0.2) is 9.59 Å². The molecule has 1 heterocycles. The molecular formula is C19H19BrN4O2. The number of hydrogen-bond donors (Lipinski definition) is 2. The van der Waals surface area contributed by atoms with Crippen LogP contribution in [0.1, 0.15) is 11.3 Å². The van der Waals surface area contributed by atoms with Crippen molar-refractivity contribution >= 4 is 27.6 Å². The molecule has 0 saturated heterocycles.